The van der Waals surface area contributed by atoms with Gasteiger partial charge in [0.2, 0.25) is 5.95 Å². The van der Waals surface area contributed by atoms with Crippen LogP contribution in [0.2, 0.25) is 0 Å². The number of hydrogen-bond acceptors (Lipinski definition) is 5. The molecule has 0 aliphatic rings. The van der Waals surface area contributed by atoms with Crippen molar-refractivity contribution < 1.29 is 0 Å². The van der Waals surface area contributed by atoms with Crippen LogP contribution in [-0.2, 0) is 13.6 Å². The molecule has 8 nitrogen and oxygen atoms in total. The third-order valence-electron chi connectivity index (χ3n) is 3.12. The minimum absolute atomic E-state index is 0.332. The lowest BCUT2D eigenvalue weighted by atomic mass is 10.2. The number of nitrogens with zero attached hydrogens (tertiary/aromatic N) is 3. The molecule has 0 bridgehead atoms. The fourth-order valence-corrected chi connectivity index (χ4v) is 2.08. The Balaban J connectivity index is 2.64. The van der Waals surface area contributed by atoms with E-state index in [9.17, 15) is 9.59 Å². The Hall–Kier alpha value is -2.09. The van der Waals surface area contributed by atoms with Crippen molar-refractivity contribution in [1.82, 2.24) is 19.1 Å². The maximum absolute atomic E-state index is 11.9. The summed E-state index contributed by atoms with van der Waals surface area (Å²) in [6, 6.07) is 0. The predicted molar refractivity (Wildman–Crippen MR) is 72.9 cm³/mol. The first-order valence-electron chi connectivity index (χ1n) is 6.26. The van der Waals surface area contributed by atoms with Crippen molar-refractivity contribution in [2.45, 2.75) is 32.7 Å². The van der Waals surface area contributed by atoms with E-state index in [2.05, 4.69) is 22.3 Å². The molecule has 0 aliphatic heterocycles. The molecule has 2 aromatic rings. The number of rotatable bonds is 5. The lowest BCUT2D eigenvalue weighted by Gasteiger charge is -2.07. The highest BCUT2D eigenvalue weighted by Crippen LogP contribution is 2.15. The van der Waals surface area contributed by atoms with Gasteiger partial charge in [-0.25, -0.2) is 10.6 Å². The van der Waals surface area contributed by atoms with E-state index in [0.717, 1.165) is 19.3 Å². The smallest absolute Gasteiger partial charge is 0.303 e. The van der Waals surface area contributed by atoms with E-state index >= 15 is 0 Å². The Kier molecular flexibility index (Phi) is 3.70. The molecule has 0 fully saturated rings. The zero-order chi connectivity index (χ0) is 14.0. The summed E-state index contributed by atoms with van der Waals surface area (Å²) in [5, 5.41) is 0. The molecule has 0 saturated carbocycles. The molecule has 0 saturated heterocycles. The van der Waals surface area contributed by atoms with Gasteiger partial charge < -0.3 is 4.57 Å². The Labute approximate surface area is 109 Å². The molecule has 0 amide bonds. The topological polar surface area (TPSA) is 111 Å². The van der Waals surface area contributed by atoms with Crippen molar-refractivity contribution in [1.29, 1.82) is 0 Å². The van der Waals surface area contributed by atoms with Gasteiger partial charge in [-0.05, 0) is 6.42 Å². The lowest BCUT2D eigenvalue weighted by Crippen LogP contribution is -2.29. The molecular formula is C11H18N6O2. The van der Waals surface area contributed by atoms with Gasteiger partial charge in [-0.1, -0.05) is 19.8 Å². The number of nitrogens with two attached hydrogens (primary N) is 1. The average Bonchev–Trinajstić information content (AvgIpc) is 2.76. The van der Waals surface area contributed by atoms with E-state index in [-0.39, 0.29) is 0 Å². The number of unbranched alkanes of at least 4 members (excludes halogenated alkanes) is 2. The number of anilines is 1. The van der Waals surface area contributed by atoms with E-state index in [0.29, 0.717) is 23.7 Å². The van der Waals surface area contributed by atoms with Gasteiger partial charge in [0, 0.05) is 13.6 Å². The Morgan fingerprint density at radius 1 is 1.37 bits per heavy atom. The fraction of sp³-hybridized carbons (Fsp3) is 0.545. The third kappa shape index (κ3) is 2.26. The van der Waals surface area contributed by atoms with Gasteiger partial charge in [0.05, 0.1) is 0 Å². The van der Waals surface area contributed by atoms with Crippen LogP contribution in [0.15, 0.2) is 9.59 Å². The highest BCUT2D eigenvalue weighted by Gasteiger charge is 2.16. The normalized spacial score (nSPS) is 11.1. The number of nitrogen functional groups attached to an aromatic ring is 1. The van der Waals surface area contributed by atoms with Crippen LogP contribution >= 0.6 is 0 Å². The number of aryl methyl sites for hydroxylation is 2. The highest BCUT2D eigenvalue weighted by atomic mass is 16.2. The van der Waals surface area contributed by atoms with Gasteiger partial charge in [-0.2, -0.15) is 4.98 Å². The maximum Gasteiger partial charge on any atom is 0.329 e. The summed E-state index contributed by atoms with van der Waals surface area (Å²) in [6.45, 7) is 2.73. The summed E-state index contributed by atoms with van der Waals surface area (Å²) in [5.74, 6) is 5.81. The first kappa shape index (κ1) is 13.3. The van der Waals surface area contributed by atoms with Crippen LogP contribution in [0.4, 0.5) is 5.95 Å². The minimum Gasteiger partial charge on any atom is -0.303 e. The van der Waals surface area contributed by atoms with Crippen molar-refractivity contribution in [3.63, 3.8) is 0 Å². The average molecular weight is 266 g/mol. The van der Waals surface area contributed by atoms with Crippen molar-refractivity contribution in [2.75, 3.05) is 5.43 Å². The summed E-state index contributed by atoms with van der Waals surface area (Å²) in [4.78, 5) is 29.9. The van der Waals surface area contributed by atoms with Gasteiger partial charge in [0.1, 0.15) is 0 Å². The van der Waals surface area contributed by atoms with Crippen LogP contribution in [0.5, 0.6) is 0 Å². The summed E-state index contributed by atoms with van der Waals surface area (Å²) in [7, 11) is 1.56. The van der Waals surface area contributed by atoms with Gasteiger partial charge in [-0.15, -0.1) is 0 Å². The molecule has 2 rings (SSSR count). The number of H-pyrrole nitrogens is 1. The summed E-state index contributed by atoms with van der Waals surface area (Å²) in [6.07, 6.45) is 3.04. The lowest BCUT2D eigenvalue weighted by molar-refractivity contribution is 0.615. The molecule has 0 unspecified atom stereocenters. The molecule has 0 aliphatic carbocycles. The third-order valence-corrected chi connectivity index (χ3v) is 3.12. The molecule has 104 valence electrons. The monoisotopic (exact) mass is 266 g/mol. The van der Waals surface area contributed by atoms with Crippen molar-refractivity contribution >= 4 is 17.1 Å². The van der Waals surface area contributed by atoms with Crippen LogP contribution < -0.4 is 22.5 Å². The van der Waals surface area contributed by atoms with Crippen LogP contribution in [0.3, 0.4) is 0 Å². The quantitative estimate of drug-likeness (QED) is 0.397. The van der Waals surface area contributed by atoms with Crippen LogP contribution in [-0.4, -0.2) is 19.1 Å². The molecular weight excluding hydrogens is 248 g/mol. The summed E-state index contributed by atoms with van der Waals surface area (Å²) >= 11 is 0. The molecule has 0 radical (unpaired) electrons. The van der Waals surface area contributed by atoms with E-state index in [1.807, 2.05) is 0 Å². The first-order valence-corrected chi connectivity index (χ1v) is 6.26. The van der Waals surface area contributed by atoms with E-state index in [4.69, 9.17) is 5.84 Å². The van der Waals surface area contributed by atoms with Crippen LogP contribution in [0.1, 0.15) is 26.2 Å². The first-order chi connectivity index (χ1) is 9.10. The second-order valence-corrected chi connectivity index (χ2v) is 4.43. The molecule has 4 N–H and O–H groups in total. The fourth-order valence-electron chi connectivity index (χ4n) is 2.08. The molecule has 8 heteroatoms. The number of hydrogen-bond donors (Lipinski definition) is 3. The second-order valence-electron chi connectivity index (χ2n) is 4.43. The summed E-state index contributed by atoms with van der Waals surface area (Å²) in [5.41, 5.74) is 2.24. The van der Waals surface area contributed by atoms with Crippen LogP contribution in [0, 0.1) is 0 Å². The molecule has 19 heavy (non-hydrogen) atoms. The predicted octanol–water partition coefficient (Wildman–Crippen LogP) is -0.101. The largest absolute Gasteiger partial charge is 0.329 e. The van der Waals surface area contributed by atoms with Crippen molar-refractivity contribution in [2.24, 2.45) is 12.9 Å². The maximum atomic E-state index is 11.9. The van der Waals surface area contributed by atoms with E-state index in [1.165, 1.54) is 4.57 Å². The number of hydrazine groups is 1. The zero-order valence-corrected chi connectivity index (χ0v) is 11.1. The molecule has 0 aromatic carbocycles. The highest BCUT2D eigenvalue weighted by molar-refractivity contribution is 5.73. The zero-order valence-electron chi connectivity index (χ0n) is 11.1. The van der Waals surface area contributed by atoms with Gasteiger partial charge in [0.15, 0.2) is 11.2 Å². The molecule has 2 heterocycles. The number of fused-ring (bicyclic) bond motifs is 1. The molecule has 2 aromatic heterocycles. The van der Waals surface area contributed by atoms with Gasteiger partial charge in [0.25, 0.3) is 5.56 Å². The standard InChI is InChI=1S/C11H18N6O2/c1-3-4-5-6-17-7-8(13-10(17)15-12)16(2)11(19)14-9(7)18/h3-6,12H2,1-2H3,(H,13,15)(H,14,18,19). The van der Waals surface area contributed by atoms with E-state index in [1.54, 1.807) is 11.6 Å². The van der Waals surface area contributed by atoms with E-state index < -0.39 is 11.2 Å². The van der Waals surface area contributed by atoms with Crippen LogP contribution in [0.25, 0.3) is 11.2 Å². The molecule has 0 spiro atoms. The van der Waals surface area contributed by atoms with Crippen molar-refractivity contribution in [3.05, 3.63) is 20.8 Å². The Morgan fingerprint density at radius 3 is 2.74 bits per heavy atom. The van der Waals surface area contributed by atoms with Crippen molar-refractivity contribution in [3.8, 4) is 0 Å². The number of imidazole rings is 1. The SMILES string of the molecule is CCCCCn1c(NN)nc2c1c(=O)[nH]c(=O)n2C. The van der Waals surface area contributed by atoms with Gasteiger partial charge in [-0.3, -0.25) is 19.8 Å². The number of aromatic amines is 1. The number of nitrogens with one attached hydrogen (secondary N) is 2. The Morgan fingerprint density at radius 2 is 2.11 bits per heavy atom. The molecule has 0 atom stereocenters. The number of aromatic nitrogens is 4. The minimum atomic E-state index is -0.487. The second kappa shape index (κ2) is 5.27. The van der Waals surface area contributed by atoms with Gasteiger partial charge >= 0.3 is 5.69 Å². The Bertz CT molecular complexity index is 695. The summed E-state index contributed by atoms with van der Waals surface area (Å²) < 4.78 is 3.01.